The molecule has 3 aromatic rings. The van der Waals surface area contributed by atoms with Crippen molar-refractivity contribution in [1.29, 1.82) is 0 Å². The second kappa shape index (κ2) is 7.01. The Balaban J connectivity index is 1.85. The van der Waals surface area contributed by atoms with Crippen molar-refractivity contribution in [3.8, 4) is 5.75 Å². The van der Waals surface area contributed by atoms with Gasteiger partial charge in [0.25, 0.3) is 0 Å². The van der Waals surface area contributed by atoms with Gasteiger partial charge in [-0.05, 0) is 36.8 Å². The van der Waals surface area contributed by atoms with Gasteiger partial charge in [-0.2, -0.15) is 0 Å². The highest BCUT2D eigenvalue weighted by Crippen LogP contribution is 2.23. The van der Waals surface area contributed by atoms with Gasteiger partial charge in [0.2, 0.25) is 0 Å². The van der Waals surface area contributed by atoms with E-state index in [1.807, 2.05) is 31.2 Å². The van der Waals surface area contributed by atoms with E-state index in [1.165, 1.54) is 5.56 Å². The molecular weight excluding hydrogens is 288 g/mol. The maximum absolute atomic E-state index is 5.38. The standard InChI is InChI=1S/C19H20N2O2/c1-15-12-19(23-20-15)14-21(13-16-6-4-3-5-7-16)17-8-10-18(22-2)11-9-17/h3-12H,13-14H2,1-2H3. The lowest BCUT2D eigenvalue weighted by Gasteiger charge is -2.24. The third-order valence-corrected chi connectivity index (χ3v) is 3.68. The van der Waals surface area contributed by atoms with E-state index in [0.29, 0.717) is 6.54 Å². The summed E-state index contributed by atoms with van der Waals surface area (Å²) in [6.07, 6.45) is 0. The highest BCUT2D eigenvalue weighted by atomic mass is 16.5. The topological polar surface area (TPSA) is 38.5 Å². The first-order valence-electron chi connectivity index (χ1n) is 7.60. The molecule has 118 valence electrons. The first-order chi connectivity index (χ1) is 11.2. The van der Waals surface area contributed by atoms with E-state index >= 15 is 0 Å². The lowest BCUT2D eigenvalue weighted by Crippen LogP contribution is -2.21. The Morgan fingerprint density at radius 3 is 2.35 bits per heavy atom. The van der Waals surface area contributed by atoms with Crippen molar-refractivity contribution in [3.63, 3.8) is 0 Å². The van der Waals surface area contributed by atoms with E-state index in [0.717, 1.165) is 29.4 Å². The Labute approximate surface area is 136 Å². The number of nitrogens with zero attached hydrogens (tertiary/aromatic N) is 2. The van der Waals surface area contributed by atoms with Gasteiger partial charge in [-0.15, -0.1) is 0 Å². The van der Waals surface area contributed by atoms with Crippen LogP contribution in [0.4, 0.5) is 5.69 Å². The zero-order valence-electron chi connectivity index (χ0n) is 13.4. The molecule has 0 aliphatic carbocycles. The minimum atomic E-state index is 0.669. The summed E-state index contributed by atoms with van der Waals surface area (Å²) < 4.78 is 10.6. The molecule has 4 nitrogen and oxygen atoms in total. The lowest BCUT2D eigenvalue weighted by atomic mass is 10.2. The molecule has 0 saturated carbocycles. The fourth-order valence-corrected chi connectivity index (χ4v) is 2.51. The molecule has 3 rings (SSSR count). The predicted molar refractivity (Wildman–Crippen MR) is 90.6 cm³/mol. The van der Waals surface area contributed by atoms with Crippen LogP contribution >= 0.6 is 0 Å². The first kappa shape index (κ1) is 15.2. The summed E-state index contributed by atoms with van der Waals surface area (Å²) in [5, 5.41) is 3.98. The van der Waals surface area contributed by atoms with E-state index in [-0.39, 0.29) is 0 Å². The van der Waals surface area contributed by atoms with Crippen molar-refractivity contribution in [2.45, 2.75) is 20.0 Å². The molecule has 0 amide bonds. The Kier molecular flexibility index (Phi) is 4.62. The van der Waals surface area contributed by atoms with Gasteiger partial charge in [-0.1, -0.05) is 35.5 Å². The Morgan fingerprint density at radius 2 is 1.74 bits per heavy atom. The van der Waals surface area contributed by atoms with Gasteiger partial charge in [0.15, 0.2) is 5.76 Å². The van der Waals surface area contributed by atoms with E-state index in [1.54, 1.807) is 7.11 Å². The average molecular weight is 308 g/mol. The molecule has 0 radical (unpaired) electrons. The van der Waals surface area contributed by atoms with Crippen molar-refractivity contribution in [2.75, 3.05) is 12.0 Å². The molecule has 2 aromatic carbocycles. The van der Waals surface area contributed by atoms with Gasteiger partial charge in [-0.3, -0.25) is 0 Å². The summed E-state index contributed by atoms with van der Waals surface area (Å²) in [6.45, 7) is 3.40. The highest BCUT2D eigenvalue weighted by Gasteiger charge is 2.12. The zero-order chi connectivity index (χ0) is 16.1. The minimum Gasteiger partial charge on any atom is -0.497 e. The third kappa shape index (κ3) is 3.92. The van der Waals surface area contributed by atoms with Gasteiger partial charge in [0, 0.05) is 18.3 Å². The number of aromatic nitrogens is 1. The van der Waals surface area contributed by atoms with Crippen LogP contribution in [0.25, 0.3) is 0 Å². The molecule has 4 heteroatoms. The number of aryl methyl sites for hydroxylation is 1. The minimum absolute atomic E-state index is 0.669. The smallest absolute Gasteiger partial charge is 0.156 e. The zero-order valence-corrected chi connectivity index (χ0v) is 13.4. The summed E-state index contributed by atoms with van der Waals surface area (Å²) >= 11 is 0. The number of methoxy groups -OCH3 is 1. The molecule has 0 bridgehead atoms. The molecule has 0 aliphatic heterocycles. The fourth-order valence-electron chi connectivity index (χ4n) is 2.51. The SMILES string of the molecule is COc1ccc(N(Cc2ccccc2)Cc2cc(C)no2)cc1. The lowest BCUT2D eigenvalue weighted by molar-refractivity contribution is 0.377. The van der Waals surface area contributed by atoms with Crippen LogP contribution in [-0.2, 0) is 13.1 Å². The van der Waals surface area contributed by atoms with Crippen LogP contribution in [0.2, 0.25) is 0 Å². The Bertz CT molecular complexity index is 736. The van der Waals surface area contributed by atoms with Crippen LogP contribution in [0.1, 0.15) is 17.0 Å². The number of benzene rings is 2. The van der Waals surface area contributed by atoms with Crippen LogP contribution in [0.3, 0.4) is 0 Å². The van der Waals surface area contributed by atoms with Gasteiger partial charge in [-0.25, -0.2) is 0 Å². The quantitative estimate of drug-likeness (QED) is 0.684. The molecule has 0 N–H and O–H groups in total. The Hall–Kier alpha value is -2.75. The highest BCUT2D eigenvalue weighted by molar-refractivity contribution is 5.49. The second-order valence-electron chi connectivity index (χ2n) is 5.47. The molecule has 0 aliphatic rings. The maximum atomic E-state index is 5.38. The van der Waals surface area contributed by atoms with Gasteiger partial charge in [0.05, 0.1) is 19.3 Å². The van der Waals surface area contributed by atoms with Crippen molar-refractivity contribution in [1.82, 2.24) is 5.16 Å². The molecule has 0 atom stereocenters. The van der Waals surface area contributed by atoms with Gasteiger partial charge in [0.1, 0.15) is 5.75 Å². The van der Waals surface area contributed by atoms with Crippen molar-refractivity contribution < 1.29 is 9.26 Å². The molecule has 1 aromatic heterocycles. The molecule has 23 heavy (non-hydrogen) atoms. The number of rotatable bonds is 6. The maximum Gasteiger partial charge on any atom is 0.156 e. The second-order valence-corrected chi connectivity index (χ2v) is 5.47. The van der Waals surface area contributed by atoms with E-state index in [4.69, 9.17) is 9.26 Å². The van der Waals surface area contributed by atoms with Crippen LogP contribution < -0.4 is 9.64 Å². The van der Waals surface area contributed by atoms with Crippen molar-refractivity contribution in [3.05, 3.63) is 77.7 Å². The number of hydrogen-bond donors (Lipinski definition) is 0. The van der Waals surface area contributed by atoms with E-state index in [2.05, 4.69) is 46.5 Å². The van der Waals surface area contributed by atoms with Crippen molar-refractivity contribution in [2.24, 2.45) is 0 Å². The number of anilines is 1. The molecule has 0 spiro atoms. The van der Waals surface area contributed by atoms with E-state index < -0.39 is 0 Å². The normalized spacial score (nSPS) is 10.5. The monoisotopic (exact) mass is 308 g/mol. The van der Waals surface area contributed by atoms with Crippen molar-refractivity contribution >= 4 is 5.69 Å². The fraction of sp³-hybridized carbons (Fsp3) is 0.211. The summed E-state index contributed by atoms with van der Waals surface area (Å²) in [6, 6.07) is 20.4. The van der Waals surface area contributed by atoms with Crippen LogP contribution in [0, 0.1) is 6.92 Å². The molecule has 1 heterocycles. The Morgan fingerprint density at radius 1 is 1.00 bits per heavy atom. The van der Waals surface area contributed by atoms with Gasteiger partial charge < -0.3 is 14.2 Å². The first-order valence-corrected chi connectivity index (χ1v) is 7.60. The number of hydrogen-bond acceptors (Lipinski definition) is 4. The average Bonchev–Trinajstić information content (AvgIpc) is 3.00. The van der Waals surface area contributed by atoms with Crippen LogP contribution in [0.5, 0.6) is 5.75 Å². The third-order valence-electron chi connectivity index (χ3n) is 3.68. The molecule has 0 fully saturated rings. The summed E-state index contributed by atoms with van der Waals surface area (Å²) in [7, 11) is 1.67. The molecule has 0 saturated heterocycles. The van der Waals surface area contributed by atoms with Crippen LogP contribution in [-0.4, -0.2) is 12.3 Å². The summed E-state index contributed by atoms with van der Waals surface area (Å²) in [4.78, 5) is 2.26. The van der Waals surface area contributed by atoms with E-state index in [9.17, 15) is 0 Å². The summed E-state index contributed by atoms with van der Waals surface area (Å²) in [5.41, 5.74) is 3.26. The predicted octanol–water partition coefficient (Wildman–Crippen LogP) is 4.20. The molecular formula is C19H20N2O2. The summed E-state index contributed by atoms with van der Waals surface area (Å²) in [5.74, 6) is 1.71. The molecule has 0 unspecified atom stereocenters. The number of ether oxygens (including phenoxy) is 1. The van der Waals surface area contributed by atoms with Crippen LogP contribution in [0.15, 0.2) is 65.2 Å². The van der Waals surface area contributed by atoms with Gasteiger partial charge >= 0.3 is 0 Å². The largest absolute Gasteiger partial charge is 0.497 e.